The first-order valence-electron chi connectivity index (χ1n) is 8.07. The van der Waals surface area contributed by atoms with Gasteiger partial charge in [-0.15, -0.1) is 0 Å². The first-order chi connectivity index (χ1) is 11.3. The molecule has 0 amide bonds. The molecule has 3 heterocycles. The van der Waals surface area contributed by atoms with Crippen LogP contribution in [-0.2, 0) is 0 Å². The van der Waals surface area contributed by atoms with Crippen molar-refractivity contribution in [3.63, 3.8) is 0 Å². The molecule has 4 rings (SSSR count). The summed E-state index contributed by atoms with van der Waals surface area (Å²) in [7, 11) is 0. The van der Waals surface area contributed by atoms with E-state index in [4.69, 9.17) is 0 Å². The maximum atomic E-state index is 4.50. The van der Waals surface area contributed by atoms with E-state index in [0.29, 0.717) is 12.1 Å². The molecule has 2 aromatic heterocycles. The van der Waals surface area contributed by atoms with E-state index in [9.17, 15) is 0 Å². The van der Waals surface area contributed by atoms with Gasteiger partial charge in [-0.2, -0.15) is 5.10 Å². The summed E-state index contributed by atoms with van der Waals surface area (Å²) in [4.78, 5) is 8.86. The van der Waals surface area contributed by atoms with Crippen molar-refractivity contribution in [2.45, 2.75) is 31.8 Å². The van der Waals surface area contributed by atoms with Gasteiger partial charge in [0.2, 0.25) is 0 Å². The molecule has 3 aromatic rings. The highest BCUT2D eigenvalue weighted by atomic mass is 15.3. The van der Waals surface area contributed by atoms with Crippen LogP contribution in [0.15, 0.2) is 42.9 Å². The standard InChI is InChI=1S/C17H20N6/c1-12-15(8-5-9-18-12)22-16-14-10-21-23(17(14)20-11-19-16)13-6-3-2-4-7-13/h2-4,6-7,10-12,15,18H,5,8-9H2,1H3,(H,19,20,22). The zero-order chi connectivity index (χ0) is 15.6. The van der Waals surface area contributed by atoms with Gasteiger partial charge in [0.05, 0.1) is 17.3 Å². The lowest BCUT2D eigenvalue weighted by Crippen LogP contribution is -2.46. The van der Waals surface area contributed by atoms with Gasteiger partial charge in [-0.1, -0.05) is 18.2 Å². The van der Waals surface area contributed by atoms with E-state index in [-0.39, 0.29) is 0 Å². The molecule has 1 saturated heterocycles. The number of piperidine rings is 1. The number of para-hydroxylation sites is 1. The first-order valence-corrected chi connectivity index (χ1v) is 8.07. The number of hydrogen-bond donors (Lipinski definition) is 2. The number of nitrogens with one attached hydrogen (secondary N) is 2. The summed E-state index contributed by atoms with van der Waals surface area (Å²) in [5.74, 6) is 0.859. The molecule has 6 heteroatoms. The molecule has 0 radical (unpaired) electrons. The maximum Gasteiger partial charge on any atom is 0.168 e. The largest absolute Gasteiger partial charge is 0.365 e. The van der Waals surface area contributed by atoms with E-state index >= 15 is 0 Å². The number of hydrogen-bond acceptors (Lipinski definition) is 5. The van der Waals surface area contributed by atoms with E-state index in [0.717, 1.165) is 35.5 Å². The fraction of sp³-hybridized carbons (Fsp3) is 0.353. The minimum atomic E-state index is 0.377. The van der Waals surface area contributed by atoms with E-state index in [2.05, 4.69) is 32.6 Å². The molecule has 23 heavy (non-hydrogen) atoms. The lowest BCUT2D eigenvalue weighted by Gasteiger charge is -2.31. The maximum absolute atomic E-state index is 4.50. The van der Waals surface area contributed by atoms with Crippen LogP contribution >= 0.6 is 0 Å². The molecule has 1 aromatic carbocycles. The molecular formula is C17H20N6. The highest BCUT2D eigenvalue weighted by Crippen LogP contribution is 2.23. The van der Waals surface area contributed by atoms with Crippen LogP contribution in [0.5, 0.6) is 0 Å². The van der Waals surface area contributed by atoms with Crippen molar-refractivity contribution in [3.8, 4) is 5.69 Å². The van der Waals surface area contributed by atoms with Crippen LogP contribution in [0.25, 0.3) is 16.7 Å². The molecule has 0 bridgehead atoms. The fourth-order valence-electron chi connectivity index (χ4n) is 3.13. The monoisotopic (exact) mass is 308 g/mol. The third kappa shape index (κ3) is 2.66. The van der Waals surface area contributed by atoms with Crippen LogP contribution < -0.4 is 10.6 Å². The lowest BCUT2D eigenvalue weighted by molar-refractivity contribution is 0.389. The SMILES string of the molecule is CC1NCCCC1Nc1ncnc2c1cnn2-c1ccccc1. The molecule has 1 aliphatic heterocycles. The zero-order valence-electron chi connectivity index (χ0n) is 13.1. The van der Waals surface area contributed by atoms with E-state index in [1.54, 1.807) is 6.33 Å². The van der Waals surface area contributed by atoms with Gasteiger partial charge in [0.15, 0.2) is 5.65 Å². The number of nitrogens with zero attached hydrogens (tertiary/aromatic N) is 4. The molecule has 0 aliphatic carbocycles. The first kappa shape index (κ1) is 14.1. The van der Waals surface area contributed by atoms with Gasteiger partial charge < -0.3 is 10.6 Å². The second-order valence-corrected chi connectivity index (χ2v) is 5.99. The van der Waals surface area contributed by atoms with Crippen molar-refractivity contribution in [3.05, 3.63) is 42.9 Å². The Labute approximate surface area is 135 Å². The van der Waals surface area contributed by atoms with Gasteiger partial charge >= 0.3 is 0 Å². The number of rotatable bonds is 3. The number of aromatic nitrogens is 4. The second kappa shape index (κ2) is 5.96. The predicted octanol–water partition coefficient (Wildman–Crippen LogP) is 2.37. The minimum absolute atomic E-state index is 0.377. The van der Waals surface area contributed by atoms with Crippen molar-refractivity contribution in [1.29, 1.82) is 0 Å². The highest BCUT2D eigenvalue weighted by molar-refractivity contribution is 5.87. The normalized spacial score (nSPS) is 21.4. The molecule has 1 aliphatic rings. The Morgan fingerprint density at radius 2 is 2.09 bits per heavy atom. The molecule has 2 unspecified atom stereocenters. The summed E-state index contributed by atoms with van der Waals surface area (Å²) in [6, 6.07) is 10.8. The van der Waals surface area contributed by atoms with E-state index in [1.165, 1.54) is 6.42 Å². The van der Waals surface area contributed by atoms with Crippen LogP contribution in [0.3, 0.4) is 0 Å². The van der Waals surface area contributed by atoms with Gasteiger partial charge in [-0.05, 0) is 38.4 Å². The van der Waals surface area contributed by atoms with Gasteiger partial charge in [-0.3, -0.25) is 0 Å². The van der Waals surface area contributed by atoms with Gasteiger partial charge in [0.25, 0.3) is 0 Å². The Bertz CT molecular complexity index is 797. The summed E-state index contributed by atoms with van der Waals surface area (Å²) >= 11 is 0. The Morgan fingerprint density at radius 1 is 1.22 bits per heavy atom. The Kier molecular flexibility index (Phi) is 3.67. The van der Waals surface area contributed by atoms with Crippen molar-refractivity contribution in [1.82, 2.24) is 25.1 Å². The molecular weight excluding hydrogens is 288 g/mol. The summed E-state index contributed by atoms with van der Waals surface area (Å²) in [6.45, 7) is 3.30. The van der Waals surface area contributed by atoms with Crippen LogP contribution in [-0.4, -0.2) is 38.4 Å². The van der Waals surface area contributed by atoms with Crippen LogP contribution in [0.1, 0.15) is 19.8 Å². The minimum Gasteiger partial charge on any atom is -0.365 e. The van der Waals surface area contributed by atoms with Crippen molar-refractivity contribution >= 4 is 16.9 Å². The Balaban J connectivity index is 1.70. The van der Waals surface area contributed by atoms with Crippen molar-refractivity contribution in [2.24, 2.45) is 0 Å². The Morgan fingerprint density at radius 3 is 2.91 bits per heavy atom. The molecule has 2 atom stereocenters. The smallest absolute Gasteiger partial charge is 0.168 e. The quantitative estimate of drug-likeness (QED) is 0.777. The Hall–Kier alpha value is -2.47. The van der Waals surface area contributed by atoms with Crippen LogP contribution in [0, 0.1) is 0 Å². The highest BCUT2D eigenvalue weighted by Gasteiger charge is 2.22. The average molecular weight is 308 g/mol. The van der Waals surface area contributed by atoms with E-state index in [1.807, 2.05) is 41.2 Å². The molecule has 0 spiro atoms. The summed E-state index contributed by atoms with van der Waals surface area (Å²) in [5.41, 5.74) is 1.82. The molecule has 1 fully saturated rings. The molecule has 0 saturated carbocycles. The summed E-state index contributed by atoms with van der Waals surface area (Å²) < 4.78 is 1.85. The van der Waals surface area contributed by atoms with Crippen LogP contribution in [0.4, 0.5) is 5.82 Å². The summed E-state index contributed by atoms with van der Waals surface area (Å²) in [6.07, 6.45) is 5.77. The van der Waals surface area contributed by atoms with Crippen LogP contribution in [0.2, 0.25) is 0 Å². The van der Waals surface area contributed by atoms with Crippen molar-refractivity contribution < 1.29 is 0 Å². The topological polar surface area (TPSA) is 67.7 Å². The number of benzene rings is 1. The van der Waals surface area contributed by atoms with Gasteiger partial charge in [0.1, 0.15) is 12.1 Å². The molecule has 118 valence electrons. The third-order valence-corrected chi connectivity index (χ3v) is 4.45. The number of anilines is 1. The average Bonchev–Trinajstić information content (AvgIpc) is 3.03. The molecule has 6 nitrogen and oxygen atoms in total. The van der Waals surface area contributed by atoms with Gasteiger partial charge in [-0.25, -0.2) is 14.6 Å². The third-order valence-electron chi connectivity index (χ3n) is 4.45. The van der Waals surface area contributed by atoms with Crippen molar-refractivity contribution in [2.75, 3.05) is 11.9 Å². The lowest BCUT2D eigenvalue weighted by atomic mass is 10.00. The van der Waals surface area contributed by atoms with Gasteiger partial charge in [0, 0.05) is 12.1 Å². The number of fused-ring (bicyclic) bond motifs is 1. The van der Waals surface area contributed by atoms with E-state index < -0.39 is 0 Å². The predicted molar refractivity (Wildman–Crippen MR) is 90.8 cm³/mol. The zero-order valence-corrected chi connectivity index (χ0v) is 13.1. The second-order valence-electron chi connectivity index (χ2n) is 5.99. The summed E-state index contributed by atoms with van der Waals surface area (Å²) in [5, 5.41) is 12.5. The fourth-order valence-corrected chi connectivity index (χ4v) is 3.13. The molecule has 2 N–H and O–H groups in total.